The Morgan fingerprint density at radius 3 is 2.36 bits per heavy atom. The summed E-state index contributed by atoms with van der Waals surface area (Å²) < 4.78 is 5.70. The normalized spacial score (nSPS) is 17.2. The van der Waals surface area contributed by atoms with Crippen LogP contribution in [0.25, 0.3) is 0 Å². The van der Waals surface area contributed by atoms with Gasteiger partial charge in [-0.05, 0) is 37.5 Å². The van der Waals surface area contributed by atoms with E-state index in [1.807, 2.05) is 30.3 Å². The number of aromatic hydroxyl groups is 1. The standard InChI is InChI=1S/C11H16N2O2.C6H6O/c12-13-15-11-7-2-1-5-9(11)10-6-3-4-8-14-10;7-6-4-2-1-3-5-6/h1-2,5,7,10,13H,3-4,6,8,12H2;1-5,7H. The first-order chi connectivity index (χ1) is 10.8. The molecule has 1 saturated heterocycles. The summed E-state index contributed by atoms with van der Waals surface area (Å²) in [6.07, 6.45) is 3.54. The summed E-state index contributed by atoms with van der Waals surface area (Å²) in [6.45, 7) is 0.828. The molecule has 3 rings (SSSR count). The van der Waals surface area contributed by atoms with Crippen molar-refractivity contribution in [2.24, 2.45) is 5.84 Å². The Labute approximate surface area is 130 Å². The first kappa shape index (κ1) is 16.3. The van der Waals surface area contributed by atoms with Crippen molar-refractivity contribution in [1.82, 2.24) is 5.59 Å². The van der Waals surface area contributed by atoms with E-state index in [-0.39, 0.29) is 6.10 Å². The maximum atomic E-state index is 8.63. The lowest BCUT2D eigenvalue weighted by atomic mass is 10.0. The molecular weight excluding hydrogens is 280 g/mol. The zero-order chi connectivity index (χ0) is 15.6. The van der Waals surface area contributed by atoms with Crippen LogP contribution in [0.4, 0.5) is 0 Å². The molecule has 0 saturated carbocycles. The van der Waals surface area contributed by atoms with Crippen LogP contribution in [0.3, 0.4) is 0 Å². The minimum atomic E-state index is 0.142. The Kier molecular flexibility index (Phi) is 6.70. The lowest BCUT2D eigenvalue weighted by molar-refractivity contribution is 0.0122. The fraction of sp³-hybridized carbons (Fsp3) is 0.294. The number of phenolic OH excluding ortho intramolecular Hbond substituents is 1. The lowest BCUT2D eigenvalue weighted by Crippen LogP contribution is -2.27. The Hall–Kier alpha value is -2.08. The van der Waals surface area contributed by atoms with Crippen LogP contribution in [0.1, 0.15) is 30.9 Å². The highest BCUT2D eigenvalue weighted by Crippen LogP contribution is 2.33. The van der Waals surface area contributed by atoms with Gasteiger partial charge in [0, 0.05) is 12.2 Å². The first-order valence-corrected chi connectivity index (χ1v) is 7.38. The van der Waals surface area contributed by atoms with E-state index in [2.05, 4.69) is 5.59 Å². The Morgan fingerprint density at radius 1 is 1.05 bits per heavy atom. The topological polar surface area (TPSA) is 76.7 Å². The summed E-state index contributed by atoms with van der Waals surface area (Å²) in [5.41, 5.74) is 3.27. The minimum absolute atomic E-state index is 0.142. The summed E-state index contributed by atoms with van der Waals surface area (Å²) in [7, 11) is 0. The quantitative estimate of drug-likeness (QED) is 0.600. The molecule has 1 heterocycles. The van der Waals surface area contributed by atoms with Gasteiger partial charge >= 0.3 is 0 Å². The van der Waals surface area contributed by atoms with E-state index in [9.17, 15) is 0 Å². The van der Waals surface area contributed by atoms with Gasteiger partial charge in [-0.3, -0.25) is 0 Å². The third-order valence-electron chi connectivity index (χ3n) is 3.37. The van der Waals surface area contributed by atoms with Crippen LogP contribution in [0.5, 0.6) is 11.5 Å². The van der Waals surface area contributed by atoms with Gasteiger partial charge in [-0.25, -0.2) is 5.84 Å². The summed E-state index contributed by atoms with van der Waals surface area (Å²) in [6, 6.07) is 16.5. The molecule has 0 aromatic heterocycles. The van der Waals surface area contributed by atoms with E-state index in [4.69, 9.17) is 20.5 Å². The number of benzene rings is 2. The number of hydrogen-bond donors (Lipinski definition) is 3. The van der Waals surface area contributed by atoms with Crippen LogP contribution in [0.2, 0.25) is 0 Å². The SMILES string of the molecule is NNOc1ccccc1C1CCCCO1.Oc1ccccc1. The molecule has 4 N–H and O–H groups in total. The van der Waals surface area contributed by atoms with Gasteiger partial charge in [-0.2, -0.15) is 0 Å². The number of hydrazine groups is 1. The summed E-state index contributed by atoms with van der Waals surface area (Å²) in [5, 5.41) is 8.63. The van der Waals surface area contributed by atoms with E-state index >= 15 is 0 Å². The average molecular weight is 302 g/mol. The van der Waals surface area contributed by atoms with Crippen molar-refractivity contribution in [3.63, 3.8) is 0 Å². The van der Waals surface area contributed by atoms with Crippen molar-refractivity contribution >= 4 is 0 Å². The molecule has 5 nitrogen and oxygen atoms in total. The third-order valence-corrected chi connectivity index (χ3v) is 3.37. The van der Waals surface area contributed by atoms with Crippen LogP contribution in [0.15, 0.2) is 54.6 Å². The second-order valence-electron chi connectivity index (χ2n) is 4.95. The minimum Gasteiger partial charge on any atom is -0.508 e. The molecule has 1 aliphatic heterocycles. The van der Waals surface area contributed by atoms with Crippen molar-refractivity contribution in [3.8, 4) is 11.5 Å². The number of nitrogens with two attached hydrogens (primary N) is 1. The van der Waals surface area contributed by atoms with Crippen LogP contribution >= 0.6 is 0 Å². The number of rotatable bonds is 3. The van der Waals surface area contributed by atoms with E-state index in [1.165, 1.54) is 6.42 Å². The number of nitrogens with one attached hydrogen (secondary N) is 1. The Bertz CT molecular complexity index is 543. The molecule has 2 aromatic carbocycles. The van der Waals surface area contributed by atoms with Gasteiger partial charge in [0.05, 0.1) is 6.10 Å². The Balaban J connectivity index is 0.000000211. The first-order valence-electron chi connectivity index (χ1n) is 7.38. The van der Waals surface area contributed by atoms with Crippen molar-refractivity contribution in [1.29, 1.82) is 0 Å². The molecule has 0 aliphatic carbocycles. The maximum Gasteiger partial charge on any atom is 0.154 e. The van der Waals surface area contributed by atoms with E-state index in [0.717, 1.165) is 30.8 Å². The van der Waals surface area contributed by atoms with Crippen LogP contribution in [-0.4, -0.2) is 11.7 Å². The van der Waals surface area contributed by atoms with Gasteiger partial charge < -0.3 is 14.7 Å². The number of para-hydroxylation sites is 2. The molecule has 0 bridgehead atoms. The predicted octanol–water partition coefficient (Wildman–Crippen LogP) is 3.08. The lowest BCUT2D eigenvalue weighted by Gasteiger charge is -2.24. The maximum absolute atomic E-state index is 8.63. The van der Waals surface area contributed by atoms with Crippen molar-refractivity contribution in [3.05, 3.63) is 60.2 Å². The fourth-order valence-corrected chi connectivity index (χ4v) is 2.32. The van der Waals surface area contributed by atoms with Crippen LogP contribution in [0, 0.1) is 0 Å². The molecule has 0 spiro atoms. The second-order valence-corrected chi connectivity index (χ2v) is 4.95. The van der Waals surface area contributed by atoms with Gasteiger partial charge in [-0.1, -0.05) is 42.0 Å². The van der Waals surface area contributed by atoms with E-state index < -0.39 is 0 Å². The highest BCUT2D eigenvalue weighted by molar-refractivity contribution is 5.35. The van der Waals surface area contributed by atoms with Gasteiger partial charge in [0.1, 0.15) is 5.75 Å². The fourth-order valence-electron chi connectivity index (χ4n) is 2.32. The van der Waals surface area contributed by atoms with E-state index in [0.29, 0.717) is 5.75 Å². The molecule has 0 amide bonds. The van der Waals surface area contributed by atoms with Gasteiger partial charge in [0.2, 0.25) is 0 Å². The largest absolute Gasteiger partial charge is 0.508 e. The zero-order valence-corrected chi connectivity index (χ0v) is 12.4. The third kappa shape index (κ3) is 5.04. The molecular formula is C17H22N2O3. The smallest absolute Gasteiger partial charge is 0.154 e. The van der Waals surface area contributed by atoms with Crippen molar-refractivity contribution in [2.75, 3.05) is 6.61 Å². The molecule has 1 fully saturated rings. The van der Waals surface area contributed by atoms with E-state index in [1.54, 1.807) is 24.3 Å². The van der Waals surface area contributed by atoms with Crippen molar-refractivity contribution in [2.45, 2.75) is 25.4 Å². The summed E-state index contributed by atoms with van der Waals surface area (Å²) in [5.74, 6) is 6.21. The van der Waals surface area contributed by atoms with Gasteiger partial charge in [0.15, 0.2) is 5.75 Å². The molecule has 5 heteroatoms. The molecule has 1 atom stereocenters. The number of hydrogen-bond acceptors (Lipinski definition) is 5. The monoisotopic (exact) mass is 302 g/mol. The van der Waals surface area contributed by atoms with Gasteiger partial charge in [-0.15, -0.1) is 0 Å². The molecule has 22 heavy (non-hydrogen) atoms. The molecule has 118 valence electrons. The van der Waals surface area contributed by atoms with Crippen LogP contribution < -0.4 is 16.3 Å². The summed E-state index contributed by atoms with van der Waals surface area (Å²) in [4.78, 5) is 5.14. The van der Waals surface area contributed by atoms with Crippen molar-refractivity contribution < 1.29 is 14.7 Å². The Morgan fingerprint density at radius 2 is 1.77 bits per heavy atom. The number of ether oxygens (including phenoxy) is 1. The van der Waals surface area contributed by atoms with Gasteiger partial charge in [0.25, 0.3) is 0 Å². The molecule has 0 radical (unpaired) electrons. The molecule has 1 unspecified atom stereocenters. The predicted molar refractivity (Wildman–Crippen MR) is 85.0 cm³/mol. The zero-order valence-electron chi connectivity index (χ0n) is 12.4. The second kappa shape index (κ2) is 9.04. The van der Waals surface area contributed by atoms with Crippen LogP contribution in [-0.2, 0) is 4.74 Å². The average Bonchev–Trinajstić information content (AvgIpc) is 2.58. The molecule has 1 aliphatic rings. The summed E-state index contributed by atoms with van der Waals surface area (Å²) >= 11 is 0. The number of phenols is 1. The highest BCUT2D eigenvalue weighted by atomic mass is 16.7. The molecule has 2 aromatic rings. The highest BCUT2D eigenvalue weighted by Gasteiger charge is 2.19.